The molecular weight excluding hydrogens is 282 g/mol. The lowest BCUT2D eigenvalue weighted by Gasteiger charge is -2.19. The van der Waals surface area contributed by atoms with Crippen LogP contribution in [0.15, 0.2) is 18.3 Å². The Labute approximate surface area is 131 Å². The van der Waals surface area contributed by atoms with Crippen molar-refractivity contribution in [3.05, 3.63) is 29.6 Å². The molecule has 2 rings (SSSR count). The molecule has 1 atom stereocenters. The van der Waals surface area contributed by atoms with E-state index in [9.17, 15) is 0 Å². The number of hydrogen-bond acceptors (Lipinski definition) is 5. The first-order chi connectivity index (χ1) is 10.6. The Bertz CT molecular complexity index is 625. The van der Waals surface area contributed by atoms with Crippen molar-refractivity contribution in [3.63, 3.8) is 0 Å². The molecular formula is C16H23N3O3. The second-order valence-corrected chi connectivity index (χ2v) is 5.09. The van der Waals surface area contributed by atoms with Crippen LogP contribution in [-0.2, 0) is 13.0 Å². The van der Waals surface area contributed by atoms with Gasteiger partial charge in [0.05, 0.1) is 27.0 Å². The molecule has 0 aliphatic rings. The summed E-state index contributed by atoms with van der Waals surface area (Å²) in [6.07, 6.45) is 2.76. The standard InChI is InChI=1S/C16H23N3O3/c1-6-19-10-12(17-18-19)9-11(2)13-7-8-14(20-3)16(22-5)15(13)21-4/h7-8,10-11H,6,9H2,1-5H3. The van der Waals surface area contributed by atoms with Crippen LogP contribution >= 0.6 is 0 Å². The van der Waals surface area contributed by atoms with Crippen molar-refractivity contribution >= 4 is 0 Å². The molecule has 6 heteroatoms. The number of ether oxygens (including phenoxy) is 3. The SMILES string of the molecule is CCn1cc(CC(C)c2ccc(OC)c(OC)c2OC)nn1. The summed E-state index contributed by atoms with van der Waals surface area (Å²) < 4.78 is 18.1. The van der Waals surface area contributed by atoms with Crippen LogP contribution in [0, 0.1) is 0 Å². The minimum Gasteiger partial charge on any atom is -0.493 e. The van der Waals surface area contributed by atoms with E-state index in [0.29, 0.717) is 17.2 Å². The zero-order chi connectivity index (χ0) is 16.1. The van der Waals surface area contributed by atoms with Crippen LogP contribution in [0.2, 0.25) is 0 Å². The minimum absolute atomic E-state index is 0.219. The van der Waals surface area contributed by atoms with Gasteiger partial charge in [-0.2, -0.15) is 0 Å². The summed E-state index contributed by atoms with van der Waals surface area (Å²) in [7, 11) is 4.87. The third-order valence-corrected chi connectivity index (χ3v) is 3.69. The first-order valence-electron chi connectivity index (χ1n) is 7.32. The molecule has 6 nitrogen and oxygen atoms in total. The van der Waals surface area contributed by atoms with Gasteiger partial charge in [-0.1, -0.05) is 18.2 Å². The minimum atomic E-state index is 0.219. The van der Waals surface area contributed by atoms with Gasteiger partial charge in [-0.25, -0.2) is 0 Å². The van der Waals surface area contributed by atoms with Gasteiger partial charge < -0.3 is 14.2 Å². The van der Waals surface area contributed by atoms with E-state index in [1.165, 1.54) is 0 Å². The van der Waals surface area contributed by atoms with Gasteiger partial charge in [0.15, 0.2) is 11.5 Å². The van der Waals surface area contributed by atoms with Gasteiger partial charge in [-0.3, -0.25) is 4.68 Å². The molecule has 1 aromatic carbocycles. The Kier molecular flexibility index (Phi) is 5.25. The van der Waals surface area contributed by atoms with Crippen molar-refractivity contribution in [1.82, 2.24) is 15.0 Å². The van der Waals surface area contributed by atoms with E-state index in [2.05, 4.69) is 17.2 Å². The van der Waals surface area contributed by atoms with Crippen molar-refractivity contribution in [1.29, 1.82) is 0 Å². The molecule has 22 heavy (non-hydrogen) atoms. The number of benzene rings is 1. The highest BCUT2D eigenvalue weighted by atomic mass is 16.5. The van der Waals surface area contributed by atoms with Crippen LogP contribution in [0.3, 0.4) is 0 Å². The van der Waals surface area contributed by atoms with Gasteiger partial charge in [0.1, 0.15) is 0 Å². The molecule has 0 aliphatic carbocycles. The van der Waals surface area contributed by atoms with Crippen molar-refractivity contribution < 1.29 is 14.2 Å². The lowest BCUT2D eigenvalue weighted by Crippen LogP contribution is -2.04. The molecule has 0 spiro atoms. The summed E-state index contributed by atoms with van der Waals surface area (Å²) in [5.41, 5.74) is 2.03. The molecule has 1 heterocycles. The van der Waals surface area contributed by atoms with Gasteiger partial charge in [-0.05, 0) is 25.3 Å². The number of hydrogen-bond donors (Lipinski definition) is 0. The molecule has 0 saturated carbocycles. The van der Waals surface area contributed by atoms with Gasteiger partial charge in [0, 0.05) is 18.3 Å². The molecule has 0 radical (unpaired) electrons. The van der Waals surface area contributed by atoms with Crippen LogP contribution in [0.4, 0.5) is 0 Å². The van der Waals surface area contributed by atoms with Gasteiger partial charge >= 0.3 is 0 Å². The Morgan fingerprint density at radius 1 is 1.09 bits per heavy atom. The number of methoxy groups -OCH3 is 3. The maximum atomic E-state index is 5.55. The summed E-state index contributed by atoms with van der Waals surface area (Å²) in [5, 5.41) is 8.28. The third kappa shape index (κ3) is 3.16. The van der Waals surface area contributed by atoms with E-state index < -0.39 is 0 Å². The predicted molar refractivity (Wildman–Crippen MR) is 83.9 cm³/mol. The molecule has 120 valence electrons. The van der Waals surface area contributed by atoms with E-state index in [1.54, 1.807) is 21.3 Å². The zero-order valence-corrected chi connectivity index (χ0v) is 13.8. The molecule has 0 bridgehead atoms. The lowest BCUT2D eigenvalue weighted by atomic mass is 9.95. The molecule has 0 amide bonds. The maximum Gasteiger partial charge on any atom is 0.203 e. The average Bonchev–Trinajstić information content (AvgIpc) is 3.00. The van der Waals surface area contributed by atoms with E-state index in [4.69, 9.17) is 14.2 Å². The van der Waals surface area contributed by atoms with Crippen LogP contribution in [0.1, 0.15) is 31.0 Å². The monoisotopic (exact) mass is 305 g/mol. The normalized spacial score (nSPS) is 12.0. The molecule has 0 saturated heterocycles. The molecule has 0 N–H and O–H groups in total. The summed E-state index contributed by atoms with van der Waals surface area (Å²) in [4.78, 5) is 0. The van der Waals surface area contributed by atoms with Crippen molar-refractivity contribution in [3.8, 4) is 17.2 Å². The second-order valence-electron chi connectivity index (χ2n) is 5.09. The highest BCUT2D eigenvalue weighted by Gasteiger charge is 2.20. The van der Waals surface area contributed by atoms with Gasteiger partial charge in [0.25, 0.3) is 0 Å². The maximum absolute atomic E-state index is 5.55. The zero-order valence-electron chi connectivity index (χ0n) is 13.8. The Hall–Kier alpha value is -2.24. The third-order valence-electron chi connectivity index (χ3n) is 3.69. The summed E-state index contributed by atoms with van der Waals surface area (Å²) in [6.45, 7) is 5.00. The lowest BCUT2D eigenvalue weighted by molar-refractivity contribution is 0.321. The van der Waals surface area contributed by atoms with E-state index in [-0.39, 0.29) is 5.92 Å². The fourth-order valence-corrected chi connectivity index (χ4v) is 2.52. The van der Waals surface area contributed by atoms with E-state index in [1.807, 2.05) is 29.9 Å². The molecule has 1 unspecified atom stereocenters. The van der Waals surface area contributed by atoms with E-state index >= 15 is 0 Å². The molecule has 1 aromatic heterocycles. The Morgan fingerprint density at radius 2 is 1.82 bits per heavy atom. The fourth-order valence-electron chi connectivity index (χ4n) is 2.52. The number of aryl methyl sites for hydroxylation is 1. The molecule has 0 aliphatic heterocycles. The largest absolute Gasteiger partial charge is 0.493 e. The number of aromatic nitrogens is 3. The van der Waals surface area contributed by atoms with Crippen molar-refractivity contribution in [2.24, 2.45) is 0 Å². The fraction of sp³-hybridized carbons (Fsp3) is 0.500. The van der Waals surface area contributed by atoms with Crippen LogP contribution in [-0.4, -0.2) is 36.3 Å². The van der Waals surface area contributed by atoms with Crippen LogP contribution in [0.5, 0.6) is 17.2 Å². The van der Waals surface area contributed by atoms with Gasteiger partial charge in [-0.15, -0.1) is 5.10 Å². The predicted octanol–water partition coefficient (Wildman–Crippen LogP) is 2.67. The number of nitrogens with zero attached hydrogens (tertiary/aromatic N) is 3. The highest BCUT2D eigenvalue weighted by molar-refractivity contribution is 5.56. The van der Waals surface area contributed by atoms with E-state index in [0.717, 1.165) is 24.2 Å². The first kappa shape index (κ1) is 16.1. The second kappa shape index (κ2) is 7.15. The Balaban J connectivity index is 2.30. The number of rotatable bonds is 7. The highest BCUT2D eigenvalue weighted by Crippen LogP contribution is 2.42. The summed E-state index contributed by atoms with van der Waals surface area (Å²) in [5.74, 6) is 2.20. The van der Waals surface area contributed by atoms with Crippen LogP contribution < -0.4 is 14.2 Å². The molecule has 0 fully saturated rings. The summed E-state index contributed by atoms with van der Waals surface area (Å²) >= 11 is 0. The van der Waals surface area contributed by atoms with Gasteiger partial charge in [0.2, 0.25) is 5.75 Å². The average molecular weight is 305 g/mol. The Morgan fingerprint density at radius 3 is 2.36 bits per heavy atom. The quantitative estimate of drug-likeness (QED) is 0.787. The van der Waals surface area contributed by atoms with Crippen molar-refractivity contribution in [2.45, 2.75) is 32.7 Å². The molecule has 2 aromatic rings. The van der Waals surface area contributed by atoms with Crippen LogP contribution in [0.25, 0.3) is 0 Å². The first-order valence-corrected chi connectivity index (χ1v) is 7.32. The summed E-state index contributed by atoms with van der Waals surface area (Å²) in [6, 6.07) is 3.91. The smallest absolute Gasteiger partial charge is 0.203 e. The van der Waals surface area contributed by atoms with Crippen molar-refractivity contribution in [2.75, 3.05) is 21.3 Å². The topological polar surface area (TPSA) is 58.4 Å².